The highest BCUT2D eigenvalue weighted by Crippen LogP contribution is 2.27. The summed E-state index contributed by atoms with van der Waals surface area (Å²) in [6.45, 7) is 0.433. The van der Waals surface area contributed by atoms with Crippen LogP contribution in [0.25, 0.3) is 0 Å². The molecule has 1 amide bonds. The molecule has 5 nitrogen and oxygen atoms in total. The number of carbonyl (C=O) groups excluding carboxylic acids is 1. The minimum absolute atomic E-state index is 0.246. The molecule has 0 bridgehead atoms. The molecule has 0 spiro atoms. The first-order chi connectivity index (χ1) is 8.09. The monoisotopic (exact) mass is 235 g/mol. The van der Waals surface area contributed by atoms with Crippen LogP contribution >= 0.6 is 0 Å². The normalized spacial score (nSPS) is 17.9. The molecule has 0 saturated heterocycles. The molecule has 1 aliphatic rings. The summed E-state index contributed by atoms with van der Waals surface area (Å²) < 4.78 is 5.54. The van der Waals surface area contributed by atoms with E-state index in [1.54, 1.807) is 12.1 Å². The molecule has 5 heteroatoms. The van der Waals surface area contributed by atoms with Crippen molar-refractivity contribution in [2.45, 2.75) is 31.2 Å². The standard InChI is InChI=1S/C12H17N3O2/c13-11(16)9-3-6-15-10(7-9)17-8-12(14)4-1-2-5-12/h3,6-7H,1-2,4-5,8,14H2,(H2,13,16). The molecule has 0 atom stereocenters. The van der Waals surface area contributed by atoms with Crippen LogP contribution in [0.15, 0.2) is 18.3 Å². The van der Waals surface area contributed by atoms with Crippen LogP contribution in [-0.4, -0.2) is 23.0 Å². The fourth-order valence-electron chi connectivity index (χ4n) is 2.08. The average Bonchev–Trinajstić information content (AvgIpc) is 2.75. The summed E-state index contributed by atoms with van der Waals surface area (Å²) in [5, 5.41) is 0. The quantitative estimate of drug-likeness (QED) is 0.808. The van der Waals surface area contributed by atoms with Gasteiger partial charge in [-0.25, -0.2) is 4.98 Å². The molecule has 1 heterocycles. The highest BCUT2D eigenvalue weighted by molar-refractivity contribution is 5.92. The molecule has 17 heavy (non-hydrogen) atoms. The van der Waals surface area contributed by atoms with Crippen LogP contribution in [0.1, 0.15) is 36.0 Å². The molecule has 1 aromatic heterocycles. The molecule has 0 aromatic carbocycles. The number of primary amides is 1. The molecule has 0 unspecified atom stereocenters. The summed E-state index contributed by atoms with van der Waals surface area (Å²) in [5.41, 5.74) is 11.5. The molecule has 2 rings (SSSR count). The number of amides is 1. The van der Waals surface area contributed by atoms with E-state index in [1.807, 2.05) is 0 Å². The van der Waals surface area contributed by atoms with E-state index in [0.717, 1.165) is 25.7 Å². The number of hydrogen-bond acceptors (Lipinski definition) is 4. The number of nitrogens with two attached hydrogens (primary N) is 2. The molecule has 1 fully saturated rings. The lowest BCUT2D eigenvalue weighted by molar-refractivity contribution is 0.0999. The summed E-state index contributed by atoms with van der Waals surface area (Å²) in [5.74, 6) is -0.0846. The van der Waals surface area contributed by atoms with Crippen LogP contribution in [0.5, 0.6) is 5.88 Å². The molecule has 0 aliphatic heterocycles. The number of aromatic nitrogens is 1. The number of carbonyl (C=O) groups is 1. The Morgan fingerprint density at radius 2 is 2.18 bits per heavy atom. The molecule has 4 N–H and O–H groups in total. The molecule has 1 aromatic rings. The number of ether oxygens (including phenoxy) is 1. The van der Waals surface area contributed by atoms with E-state index in [9.17, 15) is 4.79 Å². The van der Waals surface area contributed by atoms with Crippen molar-refractivity contribution in [1.82, 2.24) is 4.98 Å². The zero-order chi connectivity index (χ0) is 12.3. The topological polar surface area (TPSA) is 91.2 Å². The molecule has 1 aliphatic carbocycles. The van der Waals surface area contributed by atoms with Crippen molar-refractivity contribution in [2.75, 3.05) is 6.61 Å². The zero-order valence-electron chi connectivity index (χ0n) is 9.69. The van der Waals surface area contributed by atoms with Crippen LogP contribution in [0.4, 0.5) is 0 Å². The van der Waals surface area contributed by atoms with Gasteiger partial charge in [-0.2, -0.15) is 0 Å². The Hall–Kier alpha value is -1.62. The van der Waals surface area contributed by atoms with Crippen molar-refractivity contribution in [3.05, 3.63) is 23.9 Å². The lowest BCUT2D eigenvalue weighted by atomic mass is 10.0. The summed E-state index contributed by atoms with van der Waals surface area (Å²) in [6, 6.07) is 3.10. The molecule has 0 radical (unpaired) electrons. The maximum atomic E-state index is 11.0. The number of nitrogens with zero attached hydrogens (tertiary/aromatic N) is 1. The Bertz CT molecular complexity index is 414. The van der Waals surface area contributed by atoms with Gasteiger partial charge < -0.3 is 16.2 Å². The molecular weight excluding hydrogens is 218 g/mol. The van der Waals surface area contributed by atoms with Gasteiger partial charge in [0.05, 0.1) is 5.54 Å². The van der Waals surface area contributed by atoms with Crippen LogP contribution in [-0.2, 0) is 0 Å². The van der Waals surface area contributed by atoms with Crippen molar-refractivity contribution < 1.29 is 9.53 Å². The SMILES string of the molecule is NC(=O)c1ccnc(OCC2(N)CCCC2)c1. The largest absolute Gasteiger partial charge is 0.476 e. The van der Waals surface area contributed by atoms with E-state index in [-0.39, 0.29) is 5.54 Å². The van der Waals surface area contributed by atoms with Gasteiger partial charge in [-0.05, 0) is 18.9 Å². The summed E-state index contributed by atoms with van der Waals surface area (Å²) in [4.78, 5) is 15.0. The number of rotatable bonds is 4. The van der Waals surface area contributed by atoms with Gasteiger partial charge in [-0.1, -0.05) is 12.8 Å². The van der Waals surface area contributed by atoms with Crippen LogP contribution in [0.3, 0.4) is 0 Å². The van der Waals surface area contributed by atoms with Crippen LogP contribution < -0.4 is 16.2 Å². The first-order valence-electron chi connectivity index (χ1n) is 5.77. The van der Waals surface area contributed by atoms with Crippen molar-refractivity contribution in [2.24, 2.45) is 11.5 Å². The lowest BCUT2D eigenvalue weighted by Gasteiger charge is -2.23. The minimum atomic E-state index is -0.486. The Balaban J connectivity index is 1.99. The second kappa shape index (κ2) is 4.71. The summed E-state index contributed by atoms with van der Waals surface area (Å²) >= 11 is 0. The summed E-state index contributed by atoms with van der Waals surface area (Å²) in [7, 11) is 0. The highest BCUT2D eigenvalue weighted by atomic mass is 16.5. The number of hydrogen-bond donors (Lipinski definition) is 2. The van der Waals surface area contributed by atoms with Crippen molar-refractivity contribution in [3.8, 4) is 5.88 Å². The van der Waals surface area contributed by atoms with Crippen molar-refractivity contribution in [1.29, 1.82) is 0 Å². The fourth-order valence-corrected chi connectivity index (χ4v) is 2.08. The Kier molecular flexibility index (Phi) is 3.28. The van der Waals surface area contributed by atoms with Gasteiger partial charge in [0.25, 0.3) is 0 Å². The predicted molar refractivity (Wildman–Crippen MR) is 63.6 cm³/mol. The molecule has 92 valence electrons. The third-order valence-electron chi connectivity index (χ3n) is 3.13. The third-order valence-corrected chi connectivity index (χ3v) is 3.13. The Morgan fingerprint density at radius 3 is 2.82 bits per heavy atom. The number of pyridine rings is 1. The van der Waals surface area contributed by atoms with Gasteiger partial charge in [0.2, 0.25) is 11.8 Å². The lowest BCUT2D eigenvalue weighted by Crippen LogP contribution is -2.42. The third kappa shape index (κ3) is 2.94. The van der Waals surface area contributed by atoms with Crippen LogP contribution in [0.2, 0.25) is 0 Å². The maximum absolute atomic E-state index is 11.0. The van der Waals surface area contributed by atoms with Gasteiger partial charge in [-0.3, -0.25) is 4.79 Å². The van der Waals surface area contributed by atoms with Gasteiger partial charge in [0, 0.05) is 17.8 Å². The molecular formula is C12H17N3O2. The highest BCUT2D eigenvalue weighted by Gasteiger charge is 2.30. The van der Waals surface area contributed by atoms with E-state index in [4.69, 9.17) is 16.2 Å². The van der Waals surface area contributed by atoms with Crippen molar-refractivity contribution in [3.63, 3.8) is 0 Å². The van der Waals surface area contributed by atoms with E-state index < -0.39 is 5.91 Å². The fraction of sp³-hybridized carbons (Fsp3) is 0.500. The second-order valence-electron chi connectivity index (χ2n) is 4.61. The van der Waals surface area contributed by atoms with E-state index >= 15 is 0 Å². The Morgan fingerprint density at radius 1 is 1.47 bits per heavy atom. The van der Waals surface area contributed by atoms with Gasteiger partial charge in [-0.15, -0.1) is 0 Å². The minimum Gasteiger partial charge on any atom is -0.476 e. The summed E-state index contributed by atoms with van der Waals surface area (Å²) in [6.07, 6.45) is 5.75. The van der Waals surface area contributed by atoms with Gasteiger partial charge in [0.15, 0.2) is 0 Å². The molecule has 1 saturated carbocycles. The maximum Gasteiger partial charge on any atom is 0.248 e. The van der Waals surface area contributed by atoms with E-state index in [1.165, 1.54) is 6.20 Å². The Labute approximate surface area is 100 Å². The van der Waals surface area contributed by atoms with Crippen LogP contribution in [0, 0.1) is 0 Å². The second-order valence-corrected chi connectivity index (χ2v) is 4.61. The first kappa shape index (κ1) is 11.9. The van der Waals surface area contributed by atoms with E-state index in [0.29, 0.717) is 18.1 Å². The van der Waals surface area contributed by atoms with Crippen molar-refractivity contribution >= 4 is 5.91 Å². The van der Waals surface area contributed by atoms with E-state index in [2.05, 4.69) is 4.98 Å². The average molecular weight is 235 g/mol. The smallest absolute Gasteiger partial charge is 0.248 e. The van der Waals surface area contributed by atoms with Gasteiger partial charge >= 0.3 is 0 Å². The zero-order valence-corrected chi connectivity index (χ0v) is 9.69. The first-order valence-corrected chi connectivity index (χ1v) is 5.77. The predicted octanol–water partition coefficient (Wildman–Crippen LogP) is 0.831. The van der Waals surface area contributed by atoms with Gasteiger partial charge in [0.1, 0.15) is 6.61 Å².